The average molecular weight is 468 g/mol. The van der Waals surface area contributed by atoms with E-state index in [0.717, 1.165) is 0 Å². The second kappa shape index (κ2) is 9.16. The van der Waals surface area contributed by atoms with Crippen LogP contribution >= 0.6 is 23.2 Å². The molecule has 0 fully saturated rings. The van der Waals surface area contributed by atoms with Crippen LogP contribution < -0.4 is 15.4 Å². The molecule has 1 aromatic heterocycles. The zero-order valence-corrected chi connectivity index (χ0v) is 17.5. The first kappa shape index (κ1) is 21.6. The van der Waals surface area contributed by atoms with E-state index in [1.54, 1.807) is 24.3 Å². The van der Waals surface area contributed by atoms with Gasteiger partial charge in [-0.05, 0) is 47.5 Å². The summed E-state index contributed by atoms with van der Waals surface area (Å²) in [4.78, 5) is 18.5. The summed E-state index contributed by atoms with van der Waals surface area (Å²) in [6.45, 7) is 0. The first-order valence-electron chi connectivity index (χ1n) is 8.35. The number of hydrogen-bond acceptors (Lipinski definition) is 6. The number of aromatic nitrogens is 2. The van der Waals surface area contributed by atoms with E-state index in [1.807, 2.05) is 0 Å². The number of sulfonamides is 1. The molecule has 0 saturated heterocycles. The quantitative estimate of drug-likeness (QED) is 0.374. The standard InChI is InChI=1S/C18H15Cl2N5O4S/c19-15-9-21-17(20)24-16(15)22-12-4-1-3-11(7-12)10-30(28,29)25-14-6-2-5-13(8-14)23-18(26)27/h1-9,23,25H,10H2,(H,26,27)(H,21,22,24). The number of benzene rings is 2. The molecule has 0 spiro atoms. The lowest BCUT2D eigenvalue weighted by Crippen LogP contribution is -2.15. The summed E-state index contributed by atoms with van der Waals surface area (Å²) < 4.78 is 27.5. The SMILES string of the molecule is O=C(O)Nc1cccc(NS(=O)(=O)Cc2cccc(Nc3nc(Cl)ncc3Cl)c2)c1. The largest absolute Gasteiger partial charge is 0.465 e. The minimum atomic E-state index is -3.76. The first-order chi connectivity index (χ1) is 14.2. The summed E-state index contributed by atoms with van der Waals surface area (Å²) in [6, 6.07) is 12.6. The molecule has 1 heterocycles. The number of carboxylic acid groups (broad SMARTS) is 1. The van der Waals surface area contributed by atoms with Crippen molar-refractivity contribution in [2.24, 2.45) is 0 Å². The molecule has 2 aromatic carbocycles. The van der Waals surface area contributed by atoms with Crippen LogP contribution in [-0.2, 0) is 15.8 Å². The van der Waals surface area contributed by atoms with Crippen molar-refractivity contribution in [3.05, 3.63) is 70.6 Å². The van der Waals surface area contributed by atoms with Gasteiger partial charge in [0, 0.05) is 11.4 Å². The Balaban J connectivity index is 1.73. The van der Waals surface area contributed by atoms with Crippen molar-refractivity contribution in [1.82, 2.24) is 9.97 Å². The maximum Gasteiger partial charge on any atom is 0.409 e. The van der Waals surface area contributed by atoms with Gasteiger partial charge in [0.15, 0.2) is 5.82 Å². The minimum absolute atomic E-state index is 0.0180. The number of anilines is 4. The number of amides is 1. The van der Waals surface area contributed by atoms with Gasteiger partial charge >= 0.3 is 6.09 Å². The molecule has 0 aliphatic carbocycles. The van der Waals surface area contributed by atoms with Crippen LogP contribution in [0.2, 0.25) is 10.3 Å². The highest BCUT2D eigenvalue weighted by Gasteiger charge is 2.13. The lowest BCUT2D eigenvalue weighted by Gasteiger charge is -2.11. The van der Waals surface area contributed by atoms with Gasteiger partial charge in [-0.2, -0.15) is 4.98 Å². The molecule has 0 aliphatic heterocycles. The summed E-state index contributed by atoms with van der Waals surface area (Å²) >= 11 is 11.8. The molecule has 12 heteroatoms. The number of carbonyl (C=O) groups is 1. The van der Waals surface area contributed by atoms with E-state index in [0.29, 0.717) is 11.3 Å². The Labute approximate surface area is 182 Å². The normalized spacial score (nSPS) is 11.0. The van der Waals surface area contributed by atoms with E-state index in [2.05, 4.69) is 25.3 Å². The molecule has 0 bridgehead atoms. The van der Waals surface area contributed by atoms with Crippen molar-refractivity contribution in [2.75, 3.05) is 15.4 Å². The molecule has 0 atom stereocenters. The van der Waals surface area contributed by atoms with Crippen LogP contribution in [0, 0.1) is 0 Å². The van der Waals surface area contributed by atoms with Crippen LogP contribution in [-0.4, -0.2) is 29.6 Å². The van der Waals surface area contributed by atoms with Gasteiger partial charge in [0.05, 0.1) is 17.6 Å². The van der Waals surface area contributed by atoms with Crippen LogP contribution in [0.15, 0.2) is 54.7 Å². The summed E-state index contributed by atoms with van der Waals surface area (Å²) in [5.74, 6) is -0.0188. The third-order valence-corrected chi connectivity index (χ3v) is 5.37. The molecule has 4 N–H and O–H groups in total. The first-order valence-corrected chi connectivity index (χ1v) is 10.8. The number of hydrogen-bond donors (Lipinski definition) is 4. The van der Waals surface area contributed by atoms with Crippen molar-refractivity contribution < 1.29 is 18.3 Å². The molecular weight excluding hydrogens is 453 g/mol. The minimum Gasteiger partial charge on any atom is -0.465 e. The van der Waals surface area contributed by atoms with Gasteiger partial charge in [-0.1, -0.05) is 29.8 Å². The highest BCUT2D eigenvalue weighted by atomic mass is 35.5. The second-order valence-corrected chi connectivity index (χ2v) is 8.50. The highest BCUT2D eigenvalue weighted by Crippen LogP contribution is 2.25. The molecule has 3 rings (SSSR count). The third-order valence-electron chi connectivity index (χ3n) is 3.65. The van der Waals surface area contributed by atoms with Gasteiger partial charge in [-0.15, -0.1) is 0 Å². The van der Waals surface area contributed by atoms with Crippen LogP contribution in [0.1, 0.15) is 5.56 Å². The van der Waals surface area contributed by atoms with E-state index in [1.165, 1.54) is 30.5 Å². The number of rotatable bonds is 7. The van der Waals surface area contributed by atoms with E-state index in [4.69, 9.17) is 28.3 Å². The molecular formula is C18H15Cl2N5O4S. The Morgan fingerprint density at radius 3 is 2.50 bits per heavy atom. The maximum atomic E-state index is 12.5. The fourth-order valence-electron chi connectivity index (χ4n) is 2.53. The molecule has 1 amide bonds. The average Bonchev–Trinajstić information content (AvgIpc) is 2.64. The zero-order chi connectivity index (χ0) is 21.7. The van der Waals surface area contributed by atoms with Gasteiger partial charge < -0.3 is 10.4 Å². The Morgan fingerprint density at radius 1 is 1.03 bits per heavy atom. The lowest BCUT2D eigenvalue weighted by atomic mass is 10.2. The summed E-state index contributed by atoms with van der Waals surface area (Å²) in [6.07, 6.45) is 0.106. The fourth-order valence-corrected chi connectivity index (χ4v) is 3.98. The summed E-state index contributed by atoms with van der Waals surface area (Å²) in [7, 11) is -3.76. The van der Waals surface area contributed by atoms with Gasteiger partial charge in [-0.3, -0.25) is 10.0 Å². The maximum absolute atomic E-state index is 12.5. The fraction of sp³-hybridized carbons (Fsp3) is 0.0556. The van der Waals surface area contributed by atoms with Crippen molar-refractivity contribution in [1.29, 1.82) is 0 Å². The van der Waals surface area contributed by atoms with Crippen LogP contribution in [0.5, 0.6) is 0 Å². The van der Waals surface area contributed by atoms with E-state index < -0.39 is 16.1 Å². The van der Waals surface area contributed by atoms with Crippen LogP contribution in [0.4, 0.5) is 27.7 Å². The van der Waals surface area contributed by atoms with Gasteiger partial charge in [0.2, 0.25) is 15.3 Å². The van der Waals surface area contributed by atoms with Gasteiger partial charge in [0.25, 0.3) is 0 Å². The second-order valence-electron chi connectivity index (χ2n) is 6.03. The Morgan fingerprint density at radius 2 is 1.73 bits per heavy atom. The van der Waals surface area contributed by atoms with Gasteiger partial charge in [-0.25, -0.2) is 18.2 Å². The molecule has 3 aromatic rings. The summed E-state index contributed by atoms with van der Waals surface area (Å²) in [5, 5.41) is 14.2. The van der Waals surface area contributed by atoms with Crippen LogP contribution in [0.25, 0.3) is 0 Å². The summed E-state index contributed by atoms with van der Waals surface area (Å²) in [5.41, 5.74) is 1.54. The van der Waals surface area contributed by atoms with E-state index in [9.17, 15) is 13.2 Å². The number of halogens is 2. The molecule has 0 radical (unpaired) electrons. The Kier molecular flexibility index (Phi) is 6.60. The Bertz CT molecular complexity index is 1190. The topological polar surface area (TPSA) is 133 Å². The molecule has 0 aliphatic rings. The molecule has 0 saturated carbocycles. The predicted octanol–water partition coefficient (Wildman–Crippen LogP) is 4.56. The van der Waals surface area contributed by atoms with Crippen LogP contribution in [0.3, 0.4) is 0 Å². The van der Waals surface area contributed by atoms with Crippen molar-refractivity contribution in [3.8, 4) is 0 Å². The molecule has 30 heavy (non-hydrogen) atoms. The van der Waals surface area contributed by atoms with Gasteiger partial charge in [0.1, 0.15) is 5.02 Å². The smallest absolute Gasteiger partial charge is 0.409 e. The number of nitrogens with one attached hydrogen (secondary N) is 3. The molecule has 9 nitrogen and oxygen atoms in total. The van der Waals surface area contributed by atoms with Crippen molar-refractivity contribution in [2.45, 2.75) is 5.75 Å². The third kappa shape index (κ3) is 6.21. The monoisotopic (exact) mass is 467 g/mol. The van der Waals surface area contributed by atoms with Crippen molar-refractivity contribution in [3.63, 3.8) is 0 Å². The Hall–Kier alpha value is -3.08. The number of nitrogens with zero attached hydrogens (tertiary/aromatic N) is 2. The molecule has 156 valence electrons. The highest BCUT2D eigenvalue weighted by molar-refractivity contribution is 7.91. The van der Waals surface area contributed by atoms with E-state index >= 15 is 0 Å². The molecule has 0 unspecified atom stereocenters. The zero-order valence-electron chi connectivity index (χ0n) is 15.1. The van der Waals surface area contributed by atoms with Crippen molar-refractivity contribution >= 4 is 62.2 Å². The van der Waals surface area contributed by atoms with E-state index in [-0.39, 0.29) is 33.3 Å². The lowest BCUT2D eigenvalue weighted by molar-refractivity contribution is 0.210. The predicted molar refractivity (Wildman–Crippen MR) is 116 cm³/mol.